The van der Waals surface area contributed by atoms with Crippen molar-refractivity contribution in [3.05, 3.63) is 46.4 Å². The second kappa shape index (κ2) is 9.71. The molecule has 0 bridgehead atoms. The van der Waals surface area contributed by atoms with Crippen molar-refractivity contribution < 1.29 is 9.59 Å². The zero-order valence-corrected chi connectivity index (χ0v) is 16.6. The summed E-state index contributed by atoms with van der Waals surface area (Å²) >= 11 is 1.56. The van der Waals surface area contributed by atoms with Crippen LogP contribution in [0, 0.1) is 0 Å². The molecule has 3 heterocycles. The first kappa shape index (κ1) is 19.6. The minimum Gasteiger partial charge on any atom is -0.353 e. The first-order chi connectivity index (χ1) is 13.1. The number of aromatic nitrogens is 1. The van der Waals surface area contributed by atoms with Gasteiger partial charge in [0, 0.05) is 30.4 Å². The summed E-state index contributed by atoms with van der Waals surface area (Å²) in [5.41, 5.74) is 1.16. The van der Waals surface area contributed by atoms with Crippen molar-refractivity contribution in [2.75, 3.05) is 19.6 Å². The van der Waals surface area contributed by atoms with E-state index < -0.39 is 11.8 Å². The zero-order valence-electron chi connectivity index (χ0n) is 15.8. The van der Waals surface area contributed by atoms with Gasteiger partial charge in [0.05, 0.1) is 12.6 Å². The molecule has 1 saturated heterocycles. The molecule has 7 heteroatoms. The van der Waals surface area contributed by atoms with E-state index in [0.29, 0.717) is 13.1 Å². The number of hydrogen-bond donors (Lipinski definition) is 2. The van der Waals surface area contributed by atoms with Gasteiger partial charge in [0.15, 0.2) is 0 Å². The third kappa shape index (κ3) is 5.43. The molecule has 1 aliphatic heterocycles. The number of likely N-dealkylation sites (tertiary alicyclic amines) is 1. The Morgan fingerprint density at radius 3 is 2.44 bits per heavy atom. The van der Waals surface area contributed by atoms with E-state index in [1.807, 2.05) is 36.8 Å². The highest BCUT2D eigenvalue weighted by Gasteiger charge is 2.25. The molecule has 0 saturated carbocycles. The van der Waals surface area contributed by atoms with Gasteiger partial charge in [-0.1, -0.05) is 18.9 Å². The number of carbonyl (C=O) groups excluding carboxylic acids is 2. The Morgan fingerprint density at radius 2 is 1.81 bits per heavy atom. The molecule has 1 fully saturated rings. The maximum Gasteiger partial charge on any atom is 0.309 e. The van der Waals surface area contributed by atoms with Crippen LogP contribution in [0.2, 0.25) is 0 Å². The van der Waals surface area contributed by atoms with Gasteiger partial charge in [-0.25, -0.2) is 0 Å². The SMILES string of the molecule is Cn1cccc1[C@H](CNC(=O)C(=O)NCc1cccs1)N1CCCCCC1. The van der Waals surface area contributed by atoms with Gasteiger partial charge >= 0.3 is 11.8 Å². The molecular formula is C20H28N4O2S. The van der Waals surface area contributed by atoms with Gasteiger partial charge in [0.2, 0.25) is 0 Å². The second-order valence-electron chi connectivity index (χ2n) is 6.98. The average Bonchev–Trinajstić information content (AvgIpc) is 3.26. The van der Waals surface area contributed by atoms with Crippen molar-refractivity contribution in [1.29, 1.82) is 0 Å². The Kier molecular flexibility index (Phi) is 7.06. The Labute approximate surface area is 164 Å². The number of hydrogen-bond acceptors (Lipinski definition) is 4. The molecule has 0 spiro atoms. The lowest BCUT2D eigenvalue weighted by molar-refractivity contribution is -0.139. The Hall–Kier alpha value is -2.12. The lowest BCUT2D eigenvalue weighted by atomic mass is 10.1. The van der Waals surface area contributed by atoms with Crippen LogP contribution in [0.3, 0.4) is 0 Å². The van der Waals surface area contributed by atoms with Gasteiger partial charge in [-0.15, -0.1) is 11.3 Å². The standard InChI is InChI=1S/C20H28N4O2S/c1-23-10-6-9-17(23)18(24-11-4-2-3-5-12-24)15-22-20(26)19(25)21-14-16-8-7-13-27-16/h6-10,13,18H,2-5,11-12,14-15H2,1H3,(H,21,25)(H,22,26)/t18-/m0/s1. The molecule has 0 unspecified atom stereocenters. The summed E-state index contributed by atoms with van der Waals surface area (Å²) < 4.78 is 2.10. The molecular weight excluding hydrogens is 360 g/mol. The van der Waals surface area contributed by atoms with Crippen LogP contribution in [0.5, 0.6) is 0 Å². The maximum atomic E-state index is 12.3. The summed E-state index contributed by atoms with van der Waals surface area (Å²) in [5, 5.41) is 7.48. The number of amides is 2. The highest BCUT2D eigenvalue weighted by Crippen LogP contribution is 2.24. The van der Waals surface area contributed by atoms with Gasteiger partial charge in [0.1, 0.15) is 0 Å². The quantitative estimate of drug-likeness (QED) is 0.747. The number of carbonyl (C=O) groups is 2. The van der Waals surface area contributed by atoms with Crippen LogP contribution in [0.25, 0.3) is 0 Å². The van der Waals surface area contributed by atoms with E-state index in [2.05, 4.69) is 26.2 Å². The van der Waals surface area contributed by atoms with Crippen LogP contribution in [0.15, 0.2) is 35.8 Å². The monoisotopic (exact) mass is 388 g/mol. The molecule has 0 aromatic carbocycles. The summed E-state index contributed by atoms with van der Waals surface area (Å²) in [7, 11) is 2.02. The van der Waals surface area contributed by atoms with Crippen molar-refractivity contribution in [2.24, 2.45) is 7.05 Å². The summed E-state index contributed by atoms with van der Waals surface area (Å²) in [6.07, 6.45) is 6.89. The van der Waals surface area contributed by atoms with Crippen LogP contribution in [0.4, 0.5) is 0 Å². The van der Waals surface area contributed by atoms with Gasteiger partial charge in [-0.05, 0) is 49.5 Å². The Bertz CT molecular complexity index is 733. The molecule has 27 heavy (non-hydrogen) atoms. The average molecular weight is 389 g/mol. The van der Waals surface area contributed by atoms with Gasteiger partial charge in [0.25, 0.3) is 0 Å². The number of nitrogens with zero attached hydrogens (tertiary/aromatic N) is 2. The van der Waals surface area contributed by atoms with E-state index in [1.54, 1.807) is 11.3 Å². The first-order valence-corrected chi connectivity index (χ1v) is 10.5. The fourth-order valence-electron chi connectivity index (χ4n) is 3.58. The van der Waals surface area contributed by atoms with Crippen LogP contribution in [-0.4, -0.2) is 40.9 Å². The molecule has 3 rings (SSSR count). The molecule has 2 aromatic heterocycles. The van der Waals surface area contributed by atoms with E-state index in [9.17, 15) is 9.59 Å². The maximum absolute atomic E-state index is 12.3. The van der Waals surface area contributed by atoms with Crippen LogP contribution in [-0.2, 0) is 23.2 Å². The fraction of sp³-hybridized carbons (Fsp3) is 0.500. The largest absolute Gasteiger partial charge is 0.353 e. The van der Waals surface area contributed by atoms with E-state index in [-0.39, 0.29) is 6.04 Å². The van der Waals surface area contributed by atoms with Gasteiger partial charge < -0.3 is 15.2 Å². The van der Waals surface area contributed by atoms with E-state index in [4.69, 9.17) is 0 Å². The van der Waals surface area contributed by atoms with Crippen LogP contribution >= 0.6 is 11.3 Å². The normalized spacial score (nSPS) is 16.5. The fourth-order valence-corrected chi connectivity index (χ4v) is 4.22. The minimum atomic E-state index is -0.579. The highest BCUT2D eigenvalue weighted by atomic mass is 32.1. The van der Waals surface area contributed by atoms with Gasteiger partial charge in [-0.2, -0.15) is 0 Å². The smallest absolute Gasteiger partial charge is 0.309 e. The highest BCUT2D eigenvalue weighted by molar-refractivity contribution is 7.09. The van der Waals surface area contributed by atoms with Crippen LogP contribution in [0.1, 0.15) is 42.3 Å². The lowest BCUT2D eigenvalue weighted by Crippen LogP contribution is -2.44. The number of rotatable bonds is 6. The number of nitrogens with one attached hydrogen (secondary N) is 2. The molecule has 2 N–H and O–H groups in total. The molecule has 1 aliphatic rings. The van der Waals surface area contributed by atoms with Gasteiger partial charge in [-0.3, -0.25) is 14.5 Å². The summed E-state index contributed by atoms with van der Waals surface area (Å²) in [6, 6.07) is 8.07. The van der Waals surface area contributed by atoms with Crippen molar-refractivity contribution >= 4 is 23.2 Å². The van der Waals surface area contributed by atoms with Crippen molar-refractivity contribution in [3.63, 3.8) is 0 Å². The van der Waals surface area contributed by atoms with E-state index in [0.717, 1.165) is 23.7 Å². The molecule has 2 aromatic rings. The van der Waals surface area contributed by atoms with Crippen molar-refractivity contribution in [2.45, 2.75) is 38.3 Å². The number of thiophene rings is 1. The molecule has 1 atom stereocenters. The Morgan fingerprint density at radius 1 is 1.07 bits per heavy atom. The van der Waals surface area contributed by atoms with Crippen molar-refractivity contribution in [1.82, 2.24) is 20.1 Å². The van der Waals surface area contributed by atoms with E-state index in [1.165, 1.54) is 25.7 Å². The molecule has 2 amide bonds. The summed E-state index contributed by atoms with van der Waals surface area (Å²) in [6.45, 7) is 2.87. The Balaban J connectivity index is 1.59. The first-order valence-electron chi connectivity index (χ1n) is 9.59. The molecule has 146 valence electrons. The second-order valence-corrected chi connectivity index (χ2v) is 8.01. The van der Waals surface area contributed by atoms with E-state index >= 15 is 0 Å². The summed E-state index contributed by atoms with van der Waals surface area (Å²) in [5.74, 6) is -1.15. The third-order valence-electron chi connectivity index (χ3n) is 5.07. The predicted octanol–water partition coefficient (Wildman–Crippen LogP) is 2.44. The number of aryl methyl sites for hydroxylation is 1. The lowest BCUT2D eigenvalue weighted by Gasteiger charge is -2.31. The zero-order chi connectivity index (χ0) is 19.1. The minimum absolute atomic E-state index is 0.0807. The molecule has 0 aliphatic carbocycles. The third-order valence-corrected chi connectivity index (χ3v) is 5.95. The van der Waals surface area contributed by atoms with Crippen LogP contribution < -0.4 is 10.6 Å². The molecule has 0 radical (unpaired) electrons. The summed E-state index contributed by atoms with van der Waals surface area (Å²) in [4.78, 5) is 27.8. The predicted molar refractivity (Wildman–Crippen MR) is 107 cm³/mol. The van der Waals surface area contributed by atoms with Crippen molar-refractivity contribution in [3.8, 4) is 0 Å². The molecule has 6 nitrogen and oxygen atoms in total. The topological polar surface area (TPSA) is 66.4 Å².